The molecule has 0 unspecified atom stereocenters. The van der Waals surface area contributed by atoms with Gasteiger partial charge in [-0.15, -0.1) is 11.3 Å². The van der Waals surface area contributed by atoms with Gasteiger partial charge in [0.2, 0.25) is 0 Å². The zero-order valence-corrected chi connectivity index (χ0v) is 36.9. The maximum atomic E-state index is 5.19. The van der Waals surface area contributed by atoms with Crippen LogP contribution in [0.2, 0.25) is 0 Å². The topological polar surface area (TPSA) is 38.7 Å². The first-order valence-corrected chi connectivity index (χ1v) is 23.6. The maximum Gasteiger partial charge on any atom is 0.164 e. The Morgan fingerprint density at radius 1 is 0.254 bits per heavy atom. The predicted octanol–water partition coefficient (Wildman–Crippen LogP) is 17.4. The van der Waals surface area contributed by atoms with Crippen molar-refractivity contribution in [2.75, 3.05) is 0 Å². The Morgan fingerprint density at radius 3 is 1.37 bits per heavy atom. The van der Waals surface area contributed by atoms with Crippen molar-refractivity contribution < 1.29 is 0 Å². The molecular weight excluding hydrogens is 831 g/mol. The summed E-state index contributed by atoms with van der Waals surface area (Å²) in [5.41, 5.74) is 8.55. The molecule has 0 aliphatic heterocycles. The minimum absolute atomic E-state index is 0.629. The summed E-state index contributed by atoms with van der Waals surface area (Å²) in [6, 6.07) is 81.4. The van der Waals surface area contributed by atoms with Crippen LogP contribution >= 0.6 is 11.3 Å². The quantitative estimate of drug-likeness (QED) is 0.156. The lowest BCUT2D eigenvalue weighted by Gasteiger charge is -2.18. The van der Waals surface area contributed by atoms with Crippen LogP contribution in [-0.4, -0.2) is 15.0 Å². The van der Waals surface area contributed by atoms with Crippen LogP contribution in [0.3, 0.4) is 0 Å². The van der Waals surface area contributed by atoms with Crippen molar-refractivity contribution in [3.8, 4) is 66.9 Å². The minimum Gasteiger partial charge on any atom is -0.208 e. The molecule has 14 rings (SSSR count). The lowest BCUT2D eigenvalue weighted by atomic mass is 9.85. The van der Waals surface area contributed by atoms with Gasteiger partial charge >= 0.3 is 0 Å². The highest BCUT2D eigenvalue weighted by Gasteiger charge is 2.19. The third kappa shape index (κ3) is 6.15. The summed E-state index contributed by atoms with van der Waals surface area (Å²) >= 11 is 1.81. The Kier molecular flexibility index (Phi) is 8.45. The Labute approximate surface area is 390 Å². The smallest absolute Gasteiger partial charge is 0.164 e. The van der Waals surface area contributed by atoms with Gasteiger partial charge in [0.25, 0.3) is 0 Å². The van der Waals surface area contributed by atoms with E-state index in [1.54, 1.807) is 0 Å². The highest BCUT2D eigenvalue weighted by Crippen LogP contribution is 2.46. The fourth-order valence-corrected chi connectivity index (χ4v) is 11.6. The lowest BCUT2D eigenvalue weighted by Crippen LogP contribution is -2.00. The molecule has 0 radical (unpaired) electrons. The van der Waals surface area contributed by atoms with Gasteiger partial charge in [0, 0.05) is 26.3 Å². The van der Waals surface area contributed by atoms with E-state index in [2.05, 4.69) is 206 Å². The molecule has 0 spiro atoms. The molecule has 14 aromatic rings. The highest BCUT2D eigenvalue weighted by atomic mass is 32.1. The van der Waals surface area contributed by atoms with E-state index in [0.717, 1.165) is 27.8 Å². The number of fused-ring (bicyclic) bond motifs is 3. The third-order valence-corrected chi connectivity index (χ3v) is 14.8. The second-order valence-corrected chi connectivity index (χ2v) is 18.6. The van der Waals surface area contributed by atoms with E-state index in [0.29, 0.717) is 17.5 Å². The van der Waals surface area contributed by atoms with Crippen molar-refractivity contribution in [1.29, 1.82) is 0 Å². The number of rotatable bonds is 6. The molecule has 2 aromatic heterocycles. The van der Waals surface area contributed by atoms with Gasteiger partial charge in [0.05, 0.1) is 0 Å². The molecule has 0 amide bonds. The van der Waals surface area contributed by atoms with Gasteiger partial charge in [-0.3, -0.25) is 0 Å². The number of nitrogens with zero attached hydrogens (tertiary/aromatic N) is 3. The van der Waals surface area contributed by atoms with Crippen molar-refractivity contribution >= 4 is 86.1 Å². The molecule has 310 valence electrons. The van der Waals surface area contributed by atoms with E-state index in [9.17, 15) is 0 Å². The van der Waals surface area contributed by atoms with E-state index in [4.69, 9.17) is 15.0 Å². The van der Waals surface area contributed by atoms with Crippen molar-refractivity contribution in [3.05, 3.63) is 224 Å². The largest absolute Gasteiger partial charge is 0.208 e. The summed E-state index contributed by atoms with van der Waals surface area (Å²) in [4.78, 5) is 16.6. The molecule has 2 heterocycles. The molecule has 3 nitrogen and oxygen atoms in total. The molecule has 0 saturated heterocycles. The van der Waals surface area contributed by atoms with Crippen molar-refractivity contribution in [2.45, 2.75) is 0 Å². The molecule has 0 atom stereocenters. The van der Waals surface area contributed by atoms with Gasteiger partial charge in [-0.05, 0) is 128 Å². The van der Waals surface area contributed by atoms with Crippen LogP contribution in [-0.2, 0) is 0 Å². The van der Waals surface area contributed by atoms with Gasteiger partial charge < -0.3 is 0 Å². The molecule has 0 N–H and O–H groups in total. The fourth-order valence-electron chi connectivity index (χ4n) is 10.5. The van der Waals surface area contributed by atoms with Crippen molar-refractivity contribution in [2.24, 2.45) is 0 Å². The molecule has 67 heavy (non-hydrogen) atoms. The number of aromatic nitrogens is 3. The van der Waals surface area contributed by atoms with Crippen LogP contribution < -0.4 is 0 Å². The van der Waals surface area contributed by atoms with Crippen LogP contribution in [0.5, 0.6) is 0 Å². The van der Waals surface area contributed by atoms with Crippen molar-refractivity contribution in [3.63, 3.8) is 0 Å². The van der Waals surface area contributed by atoms with Crippen LogP contribution in [0.1, 0.15) is 0 Å². The van der Waals surface area contributed by atoms with E-state index in [-0.39, 0.29) is 0 Å². The Hall–Kier alpha value is -8.57. The van der Waals surface area contributed by atoms with E-state index < -0.39 is 0 Å². The molecule has 4 heteroatoms. The Bertz CT molecular complexity index is 4230. The lowest BCUT2D eigenvalue weighted by molar-refractivity contribution is 1.07. The second-order valence-electron chi connectivity index (χ2n) is 17.5. The molecule has 0 bridgehead atoms. The third-order valence-electron chi connectivity index (χ3n) is 13.6. The van der Waals surface area contributed by atoms with E-state index in [1.165, 1.54) is 96.3 Å². The Balaban J connectivity index is 0.931. The molecular formula is C63H37N3S. The van der Waals surface area contributed by atoms with Gasteiger partial charge in [-0.25, -0.2) is 15.0 Å². The SMILES string of the molecule is c1ccc(-c2nc(-c3ccc(-c4cc5ccccc5s4)cc3)nc(-c3cccc(-c4ccccc4-c4cc5ccc6cccc7c8cccc9ccc%10cccc(c(c4)c5c67)c%10c98)c3)n2)cc1. The number of hydrogen-bond acceptors (Lipinski definition) is 4. The summed E-state index contributed by atoms with van der Waals surface area (Å²) in [5.74, 6) is 1.91. The van der Waals surface area contributed by atoms with Gasteiger partial charge in [-0.1, -0.05) is 194 Å². The van der Waals surface area contributed by atoms with E-state index >= 15 is 0 Å². The fraction of sp³-hybridized carbons (Fsp3) is 0. The van der Waals surface area contributed by atoms with E-state index in [1.807, 2.05) is 29.5 Å². The molecule has 0 aliphatic carbocycles. The van der Waals surface area contributed by atoms with Crippen LogP contribution in [0.4, 0.5) is 0 Å². The first-order chi connectivity index (χ1) is 33.2. The molecule has 12 aromatic carbocycles. The van der Waals surface area contributed by atoms with Gasteiger partial charge in [-0.2, -0.15) is 0 Å². The molecule has 0 saturated carbocycles. The molecule has 0 aliphatic rings. The summed E-state index contributed by atoms with van der Waals surface area (Å²) in [6.07, 6.45) is 0. The van der Waals surface area contributed by atoms with Crippen LogP contribution in [0, 0.1) is 0 Å². The zero-order chi connectivity index (χ0) is 44.0. The first-order valence-electron chi connectivity index (χ1n) is 22.7. The first kappa shape index (κ1) is 37.8. The second kappa shape index (κ2) is 15.0. The Morgan fingerprint density at radius 2 is 0.716 bits per heavy atom. The maximum absolute atomic E-state index is 5.19. The number of hydrogen-bond donors (Lipinski definition) is 0. The predicted molar refractivity (Wildman–Crippen MR) is 284 cm³/mol. The number of benzene rings is 11. The average Bonchev–Trinajstić information content (AvgIpc) is 3.84. The summed E-state index contributed by atoms with van der Waals surface area (Å²) in [5, 5.41) is 16.6. The van der Waals surface area contributed by atoms with Crippen LogP contribution in [0.25, 0.3) is 142 Å². The number of thiophene rings is 1. The minimum atomic E-state index is 0.629. The highest BCUT2D eigenvalue weighted by molar-refractivity contribution is 7.22. The zero-order valence-electron chi connectivity index (χ0n) is 36.1. The normalized spacial score (nSPS) is 11.9. The average molecular weight is 868 g/mol. The monoisotopic (exact) mass is 867 g/mol. The summed E-state index contributed by atoms with van der Waals surface area (Å²) < 4.78 is 1.29. The van der Waals surface area contributed by atoms with Crippen molar-refractivity contribution in [1.82, 2.24) is 15.0 Å². The van der Waals surface area contributed by atoms with Gasteiger partial charge in [0.15, 0.2) is 17.5 Å². The summed E-state index contributed by atoms with van der Waals surface area (Å²) in [7, 11) is 0. The van der Waals surface area contributed by atoms with Crippen LogP contribution in [0.15, 0.2) is 224 Å². The van der Waals surface area contributed by atoms with Gasteiger partial charge in [0.1, 0.15) is 0 Å². The standard InChI is InChI=1S/C63H37N3S/c1-2-12-42(13-3-1)61-64-62(43-31-26-38(27-32-43)56-37-45-14-4-7-25-55(45)67-56)66-63(65-61)47-19-8-18-44(34-47)49-20-5-6-21-50(49)48-35-46-33-30-41-16-10-23-52-51-22-9-15-39-28-29-40-17-11-24-53(59(40)57(39)51)54(36-48)60(46)58(41)52/h1-37H. The summed E-state index contributed by atoms with van der Waals surface area (Å²) in [6.45, 7) is 0. The molecule has 0 fully saturated rings.